The molecule has 0 atom stereocenters. The Balaban J connectivity index is 0.000000181. The standard InChI is InChI=1S/C13H15N3.C13H7N3/c2*14-8-12-6-11(7-13(9-15)16-12)10-4-2-1-3-5-10/h1-7H,8-9,14-15H2;1-7H. The van der Waals surface area contributed by atoms with E-state index in [0.29, 0.717) is 13.1 Å². The van der Waals surface area contributed by atoms with Gasteiger partial charge in [0.15, 0.2) is 0 Å². The lowest BCUT2D eigenvalue weighted by atomic mass is 10.0. The Morgan fingerprint density at radius 3 is 1.34 bits per heavy atom. The number of nitriles is 2. The van der Waals surface area contributed by atoms with E-state index in [0.717, 1.165) is 33.6 Å². The summed E-state index contributed by atoms with van der Waals surface area (Å²) in [6, 6.07) is 31.0. The molecule has 0 bridgehead atoms. The quantitative estimate of drug-likeness (QED) is 0.512. The van der Waals surface area contributed by atoms with Crippen molar-refractivity contribution in [3.05, 3.63) is 108 Å². The zero-order valence-electron chi connectivity index (χ0n) is 17.4. The van der Waals surface area contributed by atoms with Crippen LogP contribution in [-0.4, -0.2) is 9.97 Å². The van der Waals surface area contributed by atoms with Crippen LogP contribution in [0.1, 0.15) is 22.8 Å². The molecular weight excluding hydrogens is 396 g/mol. The third-order valence-corrected chi connectivity index (χ3v) is 4.62. The summed E-state index contributed by atoms with van der Waals surface area (Å²) < 4.78 is 0. The van der Waals surface area contributed by atoms with Gasteiger partial charge in [-0.15, -0.1) is 0 Å². The van der Waals surface area contributed by atoms with Crippen LogP contribution in [-0.2, 0) is 13.1 Å². The van der Waals surface area contributed by atoms with Crippen LogP contribution in [0.4, 0.5) is 0 Å². The maximum atomic E-state index is 8.81. The van der Waals surface area contributed by atoms with Crippen LogP contribution in [0.5, 0.6) is 0 Å². The summed E-state index contributed by atoms with van der Waals surface area (Å²) in [5, 5.41) is 17.6. The van der Waals surface area contributed by atoms with Crippen LogP contribution in [0, 0.1) is 22.7 Å². The van der Waals surface area contributed by atoms with Crippen molar-refractivity contribution in [1.29, 1.82) is 10.5 Å². The molecule has 4 aromatic rings. The van der Waals surface area contributed by atoms with E-state index in [1.165, 1.54) is 0 Å². The number of hydrogen-bond acceptors (Lipinski definition) is 6. The number of hydrogen-bond donors (Lipinski definition) is 2. The summed E-state index contributed by atoms with van der Waals surface area (Å²) >= 11 is 0. The van der Waals surface area contributed by atoms with Gasteiger partial charge in [0.05, 0.1) is 11.4 Å². The van der Waals surface area contributed by atoms with Gasteiger partial charge in [-0.25, -0.2) is 4.98 Å². The summed E-state index contributed by atoms with van der Waals surface area (Å²) in [5.74, 6) is 0. The second kappa shape index (κ2) is 11.1. The largest absolute Gasteiger partial charge is 0.325 e. The molecular formula is C26H22N6. The maximum Gasteiger partial charge on any atom is 0.142 e. The van der Waals surface area contributed by atoms with Crippen molar-refractivity contribution >= 4 is 0 Å². The Morgan fingerprint density at radius 1 is 0.562 bits per heavy atom. The second-order valence-electron chi connectivity index (χ2n) is 6.83. The van der Waals surface area contributed by atoms with Crippen molar-refractivity contribution in [3.8, 4) is 34.4 Å². The molecule has 4 rings (SSSR count). The second-order valence-corrected chi connectivity index (χ2v) is 6.83. The fourth-order valence-corrected chi connectivity index (χ4v) is 3.10. The number of aromatic nitrogens is 2. The normalized spacial score (nSPS) is 9.75. The van der Waals surface area contributed by atoms with Gasteiger partial charge in [-0.1, -0.05) is 60.7 Å². The zero-order valence-corrected chi connectivity index (χ0v) is 17.4. The van der Waals surface area contributed by atoms with Crippen molar-refractivity contribution in [2.24, 2.45) is 11.5 Å². The van der Waals surface area contributed by atoms with Gasteiger partial charge in [0, 0.05) is 13.1 Å². The van der Waals surface area contributed by atoms with Gasteiger partial charge in [0.2, 0.25) is 0 Å². The van der Waals surface area contributed by atoms with E-state index < -0.39 is 0 Å². The van der Waals surface area contributed by atoms with Gasteiger partial charge in [-0.3, -0.25) is 4.98 Å². The fourth-order valence-electron chi connectivity index (χ4n) is 3.10. The molecule has 0 saturated carbocycles. The van der Waals surface area contributed by atoms with Gasteiger partial charge in [0.1, 0.15) is 23.5 Å². The average molecular weight is 419 g/mol. The molecule has 0 aliphatic heterocycles. The van der Waals surface area contributed by atoms with Crippen LogP contribution in [0.25, 0.3) is 22.3 Å². The molecule has 0 aliphatic carbocycles. The Kier molecular flexibility index (Phi) is 7.78. The van der Waals surface area contributed by atoms with E-state index in [4.69, 9.17) is 22.0 Å². The summed E-state index contributed by atoms with van der Waals surface area (Å²) in [6.07, 6.45) is 0. The van der Waals surface area contributed by atoms with Crippen LogP contribution < -0.4 is 11.5 Å². The molecule has 4 N–H and O–H groups in total. The highest BCUT2D eigenvalue weighted by Gasteiger charge is 2.04. The third kappa shape index (κ3) is 5.84. The fraction of sp³-hybridized carbons (Fsp3) is 0.0769. The van der Waals surface area contributed by atoms with E-state index in [2.05, 4.69) is 22.1 Å². The molecule has 32 heavy (non-hydrogen) atoms. The highest BCUT2D eigenvalue weighted by molar-refractivity contribution is 5.66. The number of nitrogens with zero attached hydrogens (tertiary/aromatic N) is 4. The number of benzene rings is 2. The Hall–Kier alpha value is -4.36. The topological polar surface area (TPSA) is 125 Å². The Bertz CT molecular complexity index is 1200. The van der Waals surface area contributed by atoms with Crippen molar-refractivity contribution in [1.82, 2.24) is 9.97 Å². The first-order valence-corrected chi connectivity index (χ1v) is 10.00. The van der Waals surface area contributed by atoms with E-state index in [9.17, 15) is 0 Å². The van der Waals surface area contributed by atoms with Gasteiger partial charge < -0.3 is 11.5 Å². The van der Waals surface area contributed by atoms with Crippen LogP contribution in [0.2, 0.25) is 0 Å². The monoisotopic (exact) mass is 418 g/mol. The molecule has 0 unspecified atom stereocenters. The van der Waals surface area contributed by atoms with E-state index >= 15 is 0 Å². The van der Waals surface area contributed by atoms with E-state index in [1.807, 2.05) is 72.8 Å². The molecule has 0 spiro atoms. The molecule has 0 radical (unpaired) electrons. The van der Waals surface area contributed by atoms with Gasteiger partial charge in [-0.05, 0) is 46.5 Å². The first-order valence-electron chi connectivity index (χ1n) is 10.00. The molecule has 0 fully saturated rings. The number of pyridine rings is 2. The first-order chi connectivity index (χ1) is 15.7. The summed E-state index contributed by atoms with van der Waals surface area (Å²) in [7, 11) is 0. The van der Waals surface area contributed by atoms with Crippen LogP contribution >= 0.6 is 0 Å². The van der Waals surface area contributed by atoms with Crippen LogP contribution in [0.3, 0.4) is 0 Å². The minimum atomic E-state index is 0.262. The maximum absolute atomic E-state index is 8.81. The molecule has 2 heterocycles. The SMILES string of the molecule is N#Cc1cc(-c2ccccc2)cc(C#N)n1.NCc1cc(-c2ccccc2)cc(CN)n1. The predicted molar refractivity (Wildman–Crippen MR) is 125 cm³/mol. The third-order valence-electron chi connectivity index (χ3n) is 4.62. The van der Waals surface area contributed by atoms with Gasteiger partial charge >= 0.3 is 0 Å². The van der Waals surface area contributed by atoms with Crippen LogP contribution in [0.15, 0.2) is 84.9 Å². The number of nitrogens with two attached hydrogens (primary N) is 2. The Morgan fingerprint density at radius 2 is 0.969 bits per heavy atom. The van der Waals surface area contributed by atoms with Gasteiger partial charge in [0.25, 0.3) is 0 Å². The summed E-state index contributed by atoms with van der Waals surface area (Å²) in [4.78, 5) is 8.22. The minimum Gasteiger partial charge on any atom is -0.325 e. The highest BCUT2D eigenvalue weighted by atomic mass is 14.8. The molecule has 0 amide bonds. The molecule has 0 saturated heterocycles. The van der Waals surface area contributed by atoms with Gasteiger partial charge in [-0.2, -0.15) is 10.5 Å². The zero-order chi connectivity index (χ0) is 22.8. The van der Waals surface area contributed by atoms with Crippen molar-refractivity contribution < 1.29 is 0 Å². The van der Waals surface area contributed by atoms with E-state index in [1.54, 1.807) is 12.1 Å². The molecule has 2 aromatic carbocycles. The molecule has 2 aromatic heterocycles. The summed E-state index contributed by atoms with van der Waals surface area (Å²) in [6.45, 7) is 0.876. The number of rotatable bonds is 4. The highest BCUT2D eigenvalue weighted by Crippen LogP contribution is 2.21. The molecule has 0 aliphatic rings. The molecule has 156 valence electrons. The first kappa shape index (κ1) is 22.3. The van der Waals surface area contributed by atoms with E-state index in [-0.39, 0.29) is 11.4 Å². The molecule has 6 nitrogen and oxygen atoms in total. The molecule has 6 heteroatoms. The van der Waals surface area contributed by atoms with Crippen molar-refractivity contribution in [2.45, 2.75) is 13.1 Å². The predicted octanol–water partition coefficient (Wildman–Crippen LogP) is 4.16. The smallest absolute Gasteiger partial charge is 0.142 e. The average Bonchev–Trinajstić information content (AvgIpc) is 2.89. The lowest BCUT2D eigenvalue weighted by Gasteiger charge is -2.06. The minimum absolute atomic E-state index is 0.262. The Labute approximate surface area is 187 Å². The lowest BCUT2D eigenvalue weighted by Crippen LogP contribution is -2.06. The lowest BCUT2D eigenvalue weighted by molar-refractivity contribution is 0.917. The van der Waals surface area contributed by atoms with Crippen molar-refractivity contribution in [2.75, 3.05) is 0 Å². The summed E-state index contributed by atoms with van der Waals surface area (Å²) in [5.41, 5.74) is 17.6. The van der Waals surface area contributed by atoms with Crippen molar-refractivity contribution in [3.63, 3.8) is 0 Å².